The Bertz CT molecular complexity index is 690. The number of nitro groups is 1. The van der Waals surface area contributed by atoms with Crippen molar-refractivity contribution < 1.29 is 9.66 Å². The van der Waals surface area contributed by atoms with Crippen molar-refractivity contribution in [1.29, 1.82) is 0 Å². The molecule has 1 aromatic carbocycles. The summed E-state index contributed by atoms with van der Waals surface area (Å²) in [5, 5.41) is 21.1. The van der Waals surface area contributed by atoms with Crippen LogP contribution in [0.4, 0.5) is 5.69 Å². The van der Waals surface area contributed by atoms with Gasteiger partial charge in [-0.25, -0.2) is 0 Å². The Morgan fingerprint density at radius 1 is 1.63 bits per heavy atom. The van der Waals surface area contributed by atoms with Gasteiger partial charge in [-0.05, 0) is 24.4 Å². The number of hydrogen-bond donors (Lipinski definition) is 1. The highest BCUT2D eigenvalue weighted by atomic mass is 32.1. The molecule has 98 valence electrons. The number of aromatic amines is 1. The number of hydrogen-bond acceptors (Lipinski definition) is 6. The standard InChI is InChI=1S/C10H9N5O3S/c1-18-9-3-2-7(4-8(9)15(16)17)5-12-14-6-11-13-10(14)19/h2-6H,1H3,(H,13,19)/b12-5+. The molecule has 1 heterocycles. The van der Waals surface area contributed by atoms with Crippen molar-refractivity contribution in [3.8, 4) is 5.75 Å². The van der Waals surface area contributed by atoms with Gasteiger partial charge in [0.1, 0.15) is 6.33 Å². The lowest BCUT2D eigenvalue weighted by Crippen LogP contribution is -1.96. The van der Waals surface area contributed by atoms with Crippen molar-refractivity contribution >= 4 is 24.1 Å². The van der Waals surface area contributed by atoms with Crippen LogP contribution in [0, 0.1) is 14.9 Å². The smallest absolute Gasteiger partial charge is 0.311 e. The molecule has 9 heteroatoms. The van der Waals surface area contributed by atoms with Crippen molar-refractivity contribution in [3.63, 3.8) is 0 Å². The third-order valence-corrected chi connectivity index (χ3v) is 2.54. The Labute approximate surface area is 112 Å². The number of nitrogens with zero attached hydrogens (tertiary/aromatic N) is 4. The summed E-state index contributed by atoms with van der Waals surface area (Å²) in [6, 6.07) is 4.53. The van der Waals surface area contributed by atoms with E-state index in [1.165, 1.54) is 36.5 Å². The Morgan fingerprint density at radius 2 is 2.42 bits per heavy atom. The first-order chi connectivity index (χ1) is 9.11. The van der Waals surface area contributed by atoms with Gasteiger partial charge >= 0.3 is 5.69 Å². The molecular formula is C10H9N5O3S. The summed E-state index contributed by atoms with van der Waals surface area (Å²) in [5.41, 5.74) is 0.429. The van der Waals surface area contributed by atoms with E-state index in [-0.39, 0.29) is 11.4 Å². The summed E-state index contributed by atoms with van der Waals surface area (Å²) < 4.78 is 6.58. The lowest BCUT2D eigenvalue weighted by atomic mass is 10.2. The topological polar surface area (TPSA) is 98.3 Å². The fourth-order valence-electron chi connectivity index (χ4n) is 1.38. The minimum Gasteiger partial charge on any atom is -0.490 e. The second kappa shape index (κ2) is 5.40. The van der Waals surface area contributed by atoms with Gasteiger partial charge in [-0.3, -0.25) is 15.2 Å². The Morgan fingerprint density at radius 3 is 3.00 bits per heavy atom. The van der Waals surface area contributed by atoms with Crippen LogP contribution in [0.1, 0.15) is 5.56 Å². The second-order valence-corrected chi connectivity index (χ2v) is 3.83. The summed E-state index contributed by atoms with van der Waals surface area (Å²) in [4.78, 5) is 10.3. The molecular weight excluding hydrogens is 270 g/mol. The van der Waals surface area contributed by atoms with E-state index in [9.17, 15) is 10.1 Å². The van der Waals surface area contributed by atoms with Crippen LogP contribution in [0.15, 0.2) is 29.6 Å². The molecule has 0 atom stereocenters. The molecule has 0 aliphatic rings. The van der Waals surface area contributed by atoms with Crippen LogP contribution in [0.3, 0.4) is 0 Å². The van der Waals surface area contributed by atoms with Crippen molar-refractivity contribution in [2.45, 2.75) is 0 Å². The highest BCUT2D eigenvalue weighted by Gasteiger charge is 2.14. The fourth-order valence-corrected chi connectivity index (χ4v) is 1.53. The molecule has 0 aliphatic carbocycles. The van der Waals surface area contributed by atoms with Crippen molar-refractivity contribution in [2.24, 2.45) is 5.10 Å². The number of nitrogens with one attached hydrogen (secondary N) is 1. The molecule has 19 heavy (non-hydrogen) atoms. The lowest BCUT2D eigenvalue weighted by Gasteiger charge is -2.01. The van der Waals surface area contributed by atoms with Gasteiger partial charge in [0.05, 0.1) is 18.2 Å². The van der Waals surface area contributed by atoms with Crippen LogP contribution in [0.5, 0.6) is 5.75 Å². The molecule has 8 nitrogen and oxygen atoms in total. The first-order valence-electron chi connectivity index (χ1n) is 5.10. The molecule has 0 aliphatic heterocycles. The monoisotopic (exact) mass is 279 g/mol. The molecule has 0 saturated heterocycles. The van der Waals surface area contributed by atoms with Crippen LogP contribution < -0.4 is 4.74 Å². The molecule has 0 bridgehead atoms. The number of rotatable bonds is 4. The van der Waals surface area contributed by atoms with E-state index in [1.807, 2.05) is 0 Å². The van der Waals surface area contributed by atoms with Crippen LogP contribution >= 0.6 is 12.2 Å². The maximum absolute atomic E-state index is 10.9. The highest BCUT2D eigenvalue weighted by Crippen LogP contribution is 2.26. The minimum absolute atomic E-state index is 0.123. The summed E-state index contributed by atoms with van der Waals surface area (Å²) in [5.74, 6) is 0.196. The maximum atomic E-state index is 10.9. The van der Waals surface area contributed by atoms with E-state index in [1.54, 1.807) is 6.07 Å². The molecule has 0 spiro atoms. The maximum Gasteiger partial charge on any atom is 0.311 e. The second-order valence-electron chi connectivity index (χ2n) is 3.44. The summed E-state index contributed by atoms with van der Waals surface area (Å²) in [7, 11) is 1.38. The Balaban J connectivity index is 2.34. The van der Waals surface area contributed by atoms with Crippen LogP contribution in [-0.2, 0) is 0 Å². The zero-order chi connectivity index (χ0) is 13.8. The van der Waals surface area contributed by atoms with Gasteiger partial charge in [0.15, 0.2) is 5.75 Å². The van der Waals surface area contributed by atoms with Gasteiger partial charge in [-0.2, -0.15) is 14.9 Å². The average molecular weight is 279 g/mol. The summed E-state index contributed by atoms with van der Waals surface area (Å²) >= 11 is 4.91. The van der Waals surface area contributed by atoms with Gasteiger partial charge in [-0.1, -0.05) is 0 Å². The van der Waals surface area contributed by atoms with E-state index >= 15 is 0 Å². The average Bonchev–Trinajstić information content (AvgIpc) is 2.81. The molecule has 2 rings (SSSR count). The van der Waals surface area contributed by atoms with Crippen molar-refractivity contribution in [1.82, 2.24) is 14.9 Å². The number of ether oxygens (including phenoxy) is 1. The number of aromatic nitrogens is 3. The first-order valence-corrected chi connectivity index (χ1v) is 5.51. The van der Waals surface area contributed by atoms with E-state index in [4.69, 9.17) is 17.0 Å². The number of methoxy groups -OCH3 is 1. The third kappa shape index (κ3) is 2.83. The molecule has 0 fully saturated rings. The summed E-state index contributed by atoms with van der Waals surface area (Å²) in [6.07, 6.45) is 2.84. The predicted octanol–water partition coefficient (Wildman–Crippen LogP) is 1.74. The van der Waals surface area contributed by atoms with Gasteiger partial charge in [-0.15, -0.1) is 0 Å². The zero-order valence-corrected chi connectivity index (χ0v) is 10.6. The van der Waals surface area contributed by atoms with E-state index in [2.05, 4.69) is 15.3 Å². The van der Waals surface area contributed by atoms with E-state index in [0.717, 1.165) is 0 Å². The minimum atomic E-state index is -0.514. The largest absolute Gasteiger partial charge is 0.490 e. The summed E-state index contributed by atoms with van der Waals surface area (Å²) in [6.45, 7) is 0. The Hall–Kier alpha value is -2.55. The SMILES string of the molecule is COc1ccc(/C=N/n2cn[nH]c2=S)cc1[N+](=O)[O-]. The van der Waals surface area contributed by atoms with Crippen LogP contribution in [-0.4, -0.2) is 33.1 Å². The molecule has 1 aromatic heterocycles. The zero-order valence-electron chi connectivity index (χ0n) is 9.81. The molecule has 0 unspecified atom stereocenters. The number of H-pyrrole nitrogens is 1. The molecule has 2 aromatic rings. The quantitative estimate of drug-likeness (QED) is 0.398. The van der Waals surface area contributed by atoms with Gasteiger partial charge in [0.25, 0.3) is 0 Å². The molecule has 0 amide bonds. The molecule has 0 radical (unpaired) electrons. The number of nitro benzene ring substituents is 1. The van der Waals surface area contributed by atoms with Crippen molar-refractivity contribution in [2.75, 3.05) is 7.11 Å². The predicted molar refractivity (Wildman–Crippen MR) is 70.1 cm³/mol. The van der Waals surface area contributed by atoms with E-state index in [0.29, 0.717) is 10.3 Å². The van der Waals surface area contributed by atoms with Crippen molar-refractivity contribution in [3.05, 3.63) is 45.0 Å². The Kier molecular flexibility index (Phi) is 3.66. The normalized spacial score (nSPS) is 10.8. The van der Waals surface area contributed by atoms with Gasteiger partial charge < -0.3 is 4.74 Å². The van der Waals surface area contributed by atoms with Crippen LogP contribution in [0.25, 0.3) is 0 Å². The number of benzene rings is 1. The fraction of sp³-hybridized carbons (Fsp3) is 0.100. The first kappa shape index (κ1) is 12.9. The van der Waals surface area contributed by atoms with Gasteiger partial charge in [0.2, 0.25) is 4.77 Å². The van der Waals surface area contributed by atoms with E-state index < -0.39 is 4.92 Å². The molecule has 0 saturated carbocycles. The van der Waals surface area contributed by atoms with Crippen LogP contribution in [0.2, 0.25) is 0 Å². The highest BCUT2D eigenvalue weighted by molar-refractivity contribution is 7.71. The molecule has 1 N–H and O–H groups in total. The third-order valence-electron chi connectivity index (χ3n) is 2.27. The lowest BCUT2D eigenvalue weighted by molar-refractivity contribution is -0.385. The van der Waals surface area contributed by atoms with Gasteiger partial charge in [0, 0.05) is 11.6 Å².